The zero-order chi connectivity index (χ0) is 13.3. The van der Waals surface area contributed by atoms with Gasteiger partial charge in [0.1, 0.15) is 5.82 Å². The van der Waals surface area contributed by atoms with Crippen molar-refractivity contribution in [2.75, 3.05) is 0 Å². The van der Waals surface area contributed by atoms with Crippen LogP contribution in [0.3, 0.4) is 0 Å². The lowest BCUT2D eigenvalue weighted by Crippen LogP contribution is -1.78. The molecular formula is C15H16N4. The molecule has 0 aromatic carbocycles. The number of nitrogens with one attached hydrogen (secondary N) is 1. The highest BCUT2D eigenvalue weighted by molar-refractivity contribution is 5.61. The van der Waals surface area contributed by atoms with Gasteiger partial charge in [-0.05, 0) is 35.4 Å². The third-order valence-corrected chi connectivity index (χ3v) is 2.58. The minimum absolute atomic E-state index is 0.993. The smallest absolute Gasteiger partial charge is 0.105 e. The molecule has 0 saturated carbocycles. The summed E-state index contributed by atoms with van der Waals surface area (Å²) < 4.78 is 0. The number of nitrogens with zero attached hydrogens (tertiary/aromatic N) is 3. The number of aromatic amines is 1. The van der Waals surface area contributed by atoms with E-state index in [2.05, 4.69) is 26.9 Å². The summed E-state index contributed by atoms with van der Waals surface area (Å²) in [6.45, 7) is 2.07. The second-order valence-electron chi connectivity index (χ2n) is 3.86. The molecule has 0 aliphatic carbocycles. The maximum atomic E-state index is 3.98. The Labute approximate surface area is 112 Å². The molecule has 0 fully saturated rings. The molecule has 0 saturated heterocycles. The van der Waals surface area contributed by atoms with Crippen LogP contribution < -0.4 is 0 Å². The van der Waals surface area contributed by atoms with E-state index in [1.54, 1.807) is 31.0 Å². The summed E-state index contributed by atoms with van der Waals surface area (Å²) >= 11 is 0. The van der Waals surface area contributed by atoms with Gasteiger partial charge in [-0.3, -0.25) is 9.97 Å². The normalized spacial score (nSPS) is 9.53. The first-order chi connectivity index (χ1) is 9.40. The van der Waals surface area contributed by atoms with Crippen LogP contribution in [-0.2, 0) is 6.42 Å². The second-order valence-corrected chi connectivity index (χ2v) is 3.86. The van der Waals surface area contributed by atoms with Crippen LogP contribution in [0.1, 0.15) is 12.7 Å². The topological polar surface area (TPSA) is 54.5 Å². The molecule has 4 nitrogen and oxygen atoms in total. The van der Waals surface area contributed by atoms with Crippen molar-refractivity contribution < 1.29 is 0 Å². The largest absolute Gasteiger partial charge is 0.349 e. The van der Waals surface area contributed by atoms with Gasteiger partial charge in [0.05, 0.1) is 0 Å². The van der Waals surface area contributed by atoms with Crippen LogP contribution in [0.5, 0.6) is 0 Å². The Morgan fingerprint density at radius 3 is 1.68 bits per heavy atom. The number of aryl methyl sites for hydroxylation is 1. The van der Waals surface area contributed by atoms with Crippen LogP contribution >= 0.6 is 0 Å². The van der Waals surface area contributed by atoms with Gasteiger partial charge in [-0.25, -0.2) is 4.98 Å². The average Bonchev–Trinajstić information content (AvgIpc) is 3.03. The fourth-order valence-corrected chi connectivity index (χ4v) is 1.58. The fraction of sp³-hybridized carbons (Fsp3) is 0.133. The van der Waals surface area contributed by atoms with Gasteiger partial charge < -0.3 is 4.98 Å². The van der Waals surface area contributed by atoms with E-state index in [9.17, 15) is 0 Å². The highest BCUT2D eigenvalue weighted by Crippen LogP contribution is 2.15. The average molecular weight is 252 g/mol. The molecule has 0 spiro atoms. The van der Waals surface area contributed by atoms with Crippen molar-refractivity contribution in [3.05, 3.63) is 67.3 Å². The van der Waals surface area contributed by atoms with E-state index in [1.807, 2.05) is 30.5 Å². The molecule has 1 N–H and O–H groups in total. The number of H-pyrrole nitrogens is 1. The summed E-state index contributed by atoms with van der Waals surface area (Å²) in [7, 11) is 0. The van der Waals surface area contributed by atoms with Crippen molar-refractivity contribution in [3.63, 3.8) is 0 Å². The lowest BCUT2D eigenvalue weighted by molar-refractivity contribution is 0.990. The van der Waals surface area contributed by atoms with E-state index < -0.39 is 0 Å². The Bertz CT molecular complexity index is 524. The lowest BCUT2D eigenvalue weighted by Gasteiger charge is -1.97. The zero-order valence-electron chi connectivity index (χ0n) is 10.8. The highest BCUT2D eigenvalue weighted by Gasteiger charge is 1.92. The monoisotopic (exact) mass is 252 g/mol. The van der Waals surface area contributed by atoms with Crippen molar-refractivity contribution in [2.45, 2.75) is 13.3 Å². The molecule has 19 heavy (non-hydrogen) atoms. The van der Waals surface area contributed by atoms with Crippen LogP contribution in [0, 0.1) is 0 Å². The van der Waals surface area contributed by atoms with Gasteiger partial charge in [0, 0.05) is 43.6 Å². The van der Waals surface area contributed by atoms with Gasteiger partial charge in [-0.2, -0.15) is 0 Å². The summed E-state index contributed by atoms with van der Waals surface area (Å²) in [5.74, 6) is 1.06. The molecule has 3 aromatic rings. The molecule has 3 rings (SSSR count). The first kappa shape index (κ1) is 13.0. The Balaban J connectivity index is 0.000000163. The SMILES string of the molecule is CCc1ncc[nH]1.c1cc(-c2ccncc2)ccn1. The third kappa shape index (κ3) is 4.03. The predicted octanol–water partition coefficient (Wildman–Crippen LogP) is 3.12. The van der Waals surface area contributed by atoms with Crippen molar-refractivity contribution in [2.24, 2.45) is 0 Å². The van der Waals surface area contributed by atoms with Crippen molar-refractivity contribution in [1.29, 1.82) is 0 Å². The van der Waals surface area contributed by atoms with Crippen LogP contribution in [0.25, 0.3) is 11.1 Å². The van der Waals surface area contributed by atoms with E-state index in [0.29, 0.717) is 0 Å². The van der Waals surface area contributed by atoms with Gasteiger partial charge in [0.25, 0.3) is 0 Å². The molecule has 4 heteroatoms. The number of aromatic nitrogens is 4. The molecule has 0 aliphatic heterocycles. The second kappa shape index (κ2) is 7.06. The molecule has 0 aliphatic rings. The van der Waals surface area contributed by atoms with Crippen molar-refractivity contribution >= 4 is 0 Å². The van der Waals surface area contributed by atoms with Crippen LogP contribution in [0.2, 0.25) is 0 Å². The van der Waals surface area contributed by atoms with Gasteiger partial charge in [0.15, 0.2) is 0 Å². The fourth-order valence-electron chi connectivity index (χ4n) is 1.58. The summed E-state index contributed by atoms with van der Waals surface area (Å²) in [6.07, 6.45) is 11.7. The molecule has 96 valence electrons. The van der Waals surface area contributed by atoms with Crippen LogP contribution in [0.4, 0.5) is 0 Å². The first-order valence-electron chi connectivity index (χ1n) is 6.19. The molecule has 0 unspecified atom stereocenters. The van der Waals surface area contributed by atoms with Crippen molar-refractivity contribution in [1.82, 2.24) is 19.9 Å². The lowest BCUT2D eigenvalue weighted by atomic mass is 10.1. The maximum Gasteiger partial charge on any atom is 0.105 e. The quantitative estimate of drug-likeness (QED) is 0.762. The van der Waals surface area contributed by atoms with Gasteiger partial charge in [-0.15, -0.1) is 0 Å². The standard InChI is InChI=1S/C10H8N2.C5H8N2/c1-5-11-6-2-9(1)10-3-7-12-8-4-10;1-2-5-6-3-4-7-5/h1-8H;3-4H,2H2,1H3,(H,6,7). The zero-order valence-corrected chi connectivity index (χ0v) is 10.8. The molecule has 0 radical (unpaired) electrons. The van der Waals surface area contributed by atoms with Crippen LogP contribution in [-0.4, -0.2) is 19.9 Å². The summed E-state index contributed by atoms with van der Waals surface area (Å²) in [5, 5.41) is 0. The minimum atomic E-state index is 0.993. The Morgan fingerprint density at radius 2 is 1.37 bits per heavy atom. The number of rotatable bonds is 2. The van der Waals surface area contributed by atoms with E-state index in [0.717, 1.165) is 12.2 Å². The molecule has 3 aromatic heterocycles. The van der Waals surface area contributed by atoms with E-state index >= 15 is 0 Å². The highest BCUT2D eigenvalue weighted by atomic mass is 14.9. The van der Waals surface area contributed by atoms with Gasteiger partial charge in [0.2, 0.25) is 0 Å². The van der Waals surface area contributed by atoms with E-state index in [1.165, 1.54) is 11.1 Å². The molecule has 0 bridgehead atoms. The summed E-state index contributed by atoms with van der Waals surface area (Å²) in [5.41, 5.74) is 2.35. The summed E-state index contributed by atoms with van der Waals surface area (Å²) in [4.78, 5) is 14.9. The molecule has 0 atom stereocenters. The molecule has 0 amide bonds. The van der Waals surface area contributed by atoms with Crippen molar-refractivity contribution in [3.8, 4) is 11.1 Å². The number of pyridine rings is 2. The minimum Gasteiger partial charge on any atom is -0.349 e. The number of imidazole rings is 1. The van der Waals surface area contributed by atoms with E-state index in [4.69, 9.17) is 0 Å². The maximum absolute atomic E-state index is 3.98. The van der Waals surface area contributed by atoms with E-state index in [-0.39, 0.29) is 0 Å². The first-order valence-corrected chi connectivity index (χ1v) is 6.19. The number of hydrogen-bond donors (Lipinski definition) is 1. The predicted molar refractivity (Wildman–Crippen MR) is 75.4 cm³/mol. The molecular weight excluding hydrogens is 236 g/mol. The Morgan fingerprint density at radius 1 is 0.842 bits per heavy atom. The molecule has 3 heterocycles. The third-order valence-electron chi connectivity index (χ3n) is 2.58. The number of hydrogen-bond acceptors (Lipinski definition) is 3. The van der Waals surface area contributed by atoms with Gasteiger partial charge >= 0.3 is 0 Å². The Hall–Kier alpha value is -2.49. The Kier molecular flexibility index (Phi) is 4.81. The van der Waals surface area contributed by atoms with Gasteiger partial charge in [-0.1, -0.05) is 6.92 Å². The summed E-state index contributed by atoms with van der Waals surface area (Å²) in [6, 6.07) is 7.93. The van der Waals surface area contributed by atoms with Crippen LogP contribution in [0.15, 0.2) is 61.4 Å².